The summed E-state index contributed by atoms with van der Waals surface area (Å²) in [6.45, 7) is 0.643. The van der Waals surface area contributed by atoms with Crippen LogP contribution in [0.2, 0.25) is 0 Å². The van der Waals surface area contributed by atoms with Gasteiger partial charge in [-0.25, -0.2) is 4.79 Å². The summed E-state index contributed by atoms with van der Waals surface area (Å²) in [5.74, 6) is 0.441. The Balaban J connectivity index is 2.17. The molecule has 3 rings (SSSR count). The molecule has 0 aliphatic heterocycles. The van der Waals surface area contributed by atoms with Crippen molar-refractivity contribution in [2.24, 2.45) is 0 Å². The molecule has 0 aliphatic carbocycles. The molecular formula is C21H20BrNO4. The van der Waals surface area contributed by atoms with Crippen LogP contribution in [0.25, 0.3) is 17.0 Å². The van der Waals surface area contributed by atoms with Crippen LogP contribution in [0.3, 0.4) is 0 Å². The van der Waals surface area contributed by atoms with Gasteiger partial charge in [0, 0.05) is 28.2 Å². The zero-order valence-electron chi connectivity index (χ0n) is 15.4. The number of benzene rings is 2. The third-order valence-electron chi connectivity index (χ3n) is 4.30. The van der Waals surface area contributed by atoms with E-state index in [1.54, 1.807) is 26.5 Å². The van der Waals surface area contributed by atoms with E-state index in [9.17, 15) is 4.79 Å². The molecule has 140 valence electrons. The van der Waals surface area contributed by atoms with Gasteiger partial charge in [0.25, 0.3) is 0 Å². The zero-order valence-corrected chi connectivity index (χ0v) is 16.9. The average Bonchev–Trinajstić information content (AvgIpc) is 3.05. The Morgan fingerprint density at radius 1 is 1.11 bits per heavy atom. The standard InChI is InChI=1S/C21H20BrNO4/c1-25-11-10-15-13-23(12-14-4-6-16(26-2)7-5-14)20-18(22)9-8-17(19(15)20)21(24)27-3/h4-11,13H,12H2,1-3H3/b11-10+. The number of rotatable bonds is 6. The second-order valence-corrected chi connectivity index (χ2v) is 6.76. The molecule has 0 aliphatic rings. The largest absolute Gasteiger partial charge is 0.504 e. The normalized spacial score (nSPS) is 11.1. The molecule has 0 bridgehead atoms. The summed E-state index contributed by atoms with van der Waals surface area (Å²) in [5, 5.41) is 0.818. The van der Waals surface area contributed by atoms with Crippen LogP contribution in [0.1, 0.15) is 21.5 Å². The van der Waals surface area contributed by atoms with Gasteiger partial charge >= 0.3 is 5.97 Å². The van der Waals surface area contributed by atoms with E-state index in [1.807, 2.05) is 42.6 Å². The molecule has 6 heteroatoms. The Morgan fingerprint density at radius 2 is 1.85 bits per heavy atom. The summed E-state index contributed by atoms with van der Waals surface area (Å²) in [4.78, 5) is 12.3. The van der Waals surface area contributed by atoms with Gasteiger partial charge in [0.2, 0.25) is 0 Å². The Kier molecular flexibility index (Phi) is 5.86. The molecule has 0 spiro atoms. The highest BCUT2D eigenvalue weighted by Crippen LogP contribution is 2.33. The third-order valence-corrected chi connectivity index (χ3v) is 4.94. The summed E-state index contributed by atoms with van der Waals surface area (Å²) >= 11 is 3.62. The van der Waals surface area contributed by atoms with Crippen molar-refractivity contribution in [1.29, 1.82) is 0 Å². The van der Waals surface area contributed by atoms with E-state index in [0.717, 1.165) is 32.3 Å². The van der Waals surface area contributed by atoms with Gasteiger partial charge in [0.05, 0.1) is 38.7 Å². The number of nitrogens with zero attached hydrogens (tertiary/aromatic N) is 1. The lowest BCUT2D eigenvalue weighted by atomic mass is 10.1. The Hall–Kier alpha value is -2.73. The maximum Gasteiger partial charge on any atom is 0.338 e. The molecule has 1 heterocycles. The van der Waals surface area contributed by atoms with Crippen LogP contribution >= 0.6 is 15.9 Å². The van der Waals surface area contributed by atoms with Gasteiger partial charge in [-0.2, -0.15) is 0 Å². The molecule has 0 unspecified atom stereocenters. The molecule has 2 aromatic carbocycles. The lowest BCUT2D eigenvalue weighted by molar-refractivity contribution is 0.0603. The fourth-order valence-corrected chi connectivity index (χ4v) is 3.59. The van der Waals surface area contributed by atoms with Crippen LogP contribution < -0.4 is 4.74 Å². The number of fused-ring (bicyclic) bond motifs is 1. The average molecular weight is 430 g/mol. The van der Waals surface area contributed by atoms with E-state index >= 15 is 0 Å². The number of ether oxygens (including phenoxy) is 3. The van der Waals surface area contributed by atoms with Gasteiger partial charge in [0.15, 0.2) is 0 Å². The van der Waals surface area contributed by atoms with Gasteiger partial charge in [0.1, 0.15) is 5.75 Å². The van der Waals surface area contributed by atoms with Crippen molar-refractivity contribution in [3.05, 3.63) is 70.0 Å². The Morgan fingerprint density at radius 3 is 2.48 bits per heavy atom. The molecule has 0 saturated heterocycles. The predicted molar refractivity (Wildman–Crippen MR) is 109 cm³/mol. The molecule has 3 aromatic rings. The number of hydrogen-bond acceptors (Lipinski definition) is 4. The van der Waals surface area contributed by atoms with Crippen LogP contribution in [0.5, 0.6) is 5.75 Å². The number of carbonyl (C=O) groups is 1. The fourth-order valence-electron chi connectivity index (χ4n) is 3.04. The van der Waals surface area contributed by atoms with E-state index in [0.29, 0.717) is 12.1 Å². The molecular weight excluding hydrogens is 410 g/mol. The lowest BCUT2D eigenvalue weighted by Crippen LogP contribution is -2.03. The minimum absolute atomic E-state index is 0.373. The molecule has 0 N–H and O–H groups in total. The SMILES string of the molecule is CO/C=C/c1cn(Cc2ccc(OC)cc2)c2c(Br)ccc(C(=O)OC)c12. The fraction of sp³-hybridized carbons (Fsp3) is 0.190. The minimum atomic E-state index is -0.373. The van der Waals surface area contributed by atoms with Gasteiger partial charge in [-0.3, -0.25) is 0 Å². The highest BCUT2D eigenvalue weighted by molar-refractivity contribution is 9.10. The molecule has 0 fully saturated rings. The van der Waals surface area contributed by atoms with Crippen molar-refractivity contribution >= 4 is 38.9 Å². The van der Waals surface area contributed by atoms with Crippen molar-refractivity contribution in [1.82, 2.24) is 4.57 Å². The monoisotopic (exact) mass is 429 g/mol. The minimum Gasteiger partial charge on any atom is -0.504 e. The van der Waals surface area contributed by atoms with E-state index in [4.69, 9.17) is 14.2 Å². The van der Waals surface area contributed by atoms with Gasteiger partial charge in [-0.1, -0.05) is 12.1 Å². The summed E-state index contributed by atoms with van der Waals surface area (Å²) in [5.41, 5.74) is 3.43. The van der Waals surface area contributed by atoms with Crippen molar-refractivity contribution in [3.8, 4) is 5.75 Å². The topological polar surface area (TPSA) is 49.7 Å². The molecule has 5 nitrogen and oxygen atoms in total. The summed E-state index contributed by atoms with van der Waals surface area (Å²) in [7, 11) is 4.62. The summed E-state index contributed by atoms with van der Waals surface area (Å²) in [6, 6.07) is 11.5. The lowest BCUT2D eigenvalue weighted by Gasteiger charge is -2.09. The van der Waals surface area contributed by atoms with E-state index in [-0.39, 0.29) is 5.97 Å². The molecule has 1 aromatic heterocycles. The number of halogens is 1. The number of hydrogen-bond donors (Lipinski definition) is 0. The van der Waals surface area contributed by atoms with Crippen molar-refractivity contribution in [2.75, 3.05) is 21.3 Å². The predicted octanol–water partition coefficient (Wildman–Crippen LogP) is 4.86. The first-order valence-electron chi connectivity index (χ1n) is 8.31. The first-order valence-corrected chi connectivity index (χ1v) is 9.10. The van der Waals surface area contributed by atoms with Crippen LogP contribution in [-0.4, -0.2) is 31.9 Å². The van der Waals surface area contributed by atoms with Gasteiger partial charge in [-0.15, -0.1) is 0 Å². The number of aromatic nitrogens is 1. The van der Waals surface area contributed by atoms with Crippen LogP contribution in [0.15, 0.2) is 53.3 Å². The van der Waals surface area contributed by atoms with E-state index in [2.05, 4.69) is 20.5 Å². The van der Waals surface area contributed by atoms with E-state index in [1.165, 1.54) is 7.11 Å². The van der Waals surface area contributed by atoms with E-state index < -0.39 is 0 Å². The molecule has 0 atom stereocenters. The highest BCUT2D eigenvalue weighted by atomic mass is 79.9. The summed E-state index contributed by atoms with van der Waals surface area (Å²) in [6.07, 6.45) is 5.43. The van der Waals surface area contributed by atoms with Crippen molar-refractivity contribution in [3.63, 3.8) is 0 Å². The summed E-state index contributed by atoms with van der Waals surface area (Å²) < 4.78 is 18.3. The van der Waals surface area contributed by atoms with Gasteiger partial charge in [-0.05, 0) is 51.8 Å². The Labute approximate surface area is 166 Å². The smallest absolute Gasteiger partial charge is 0.338 e. The zero-order chi connectivity index (χ0) is 19.4. The first kappa shape index (κ1) is 19.0. The first-order chi connectivity index (χ1) is 13.1. The van der Waals surface area contributed by atoms with Crippen molar-refractivity contribution < 1.29 is 19.0 Å². The highest BCUT2D eigenvalue weighted by Gasteiger charge is 2.19. The molecule has 27 heavy (non-hydrogen) atoms. The quantitative estimate of drug-likeness (QED) is 0.414. The number of esters is 1. The van der Waals surface area contributed by atoms with Crippen LogP contribution in [0.4, 0.5) is 0 Å². The maximum atomic E-state index is 12.3. The molecule has 0 amide bonds. The molecule has 0 radical (unpaired) electrons. The third kappa shape index (κ3) is 3.85. The maximum absolute atomic E-state index is 12.3. The molecule has 0 saturated carbocycles. The van der Waals surface area contributed by atoms with Crippen molar-refractivity contribution in [2.45, 2.75) is 6.54 Å². The van der Waals surface area contributed by atoms with Gasteiger partial charge < -0.3 is 18.8 Å². The number of carbonyl (C=O) groups excluding carboxylic acids is 1. The van der Waals surface area contributed by atoms with Crippen LogP contribution in [0, 0.1) is 0 Å². The second kappa shape index (κ2) is 8.31. The number of methoxy groups -OCH3 is 3. The second-order valence-electron chi connectivity index (χ2n) is 5.91. The van der Waals surface area contributed by atoms with Crippen LogP contribution in [-0.2, 0) is 16.0 Å². The Bertz CT molecular complexity index is 990.